The number of benzene rings is 2. The lowest BCUT2D eigenvalue weighted by Gasteiger charge is -2.16. The van der Waals surface area contributed by atoms with E-state index in [0.29, 0.717) is 0 Å². The maximum Gasteiger partial charge on any atom is 0.123 e. The van der Waals surface area contributed by atoms with Crippen molar-refractivity contribution < 1.29 is 4.74 Å². The van der Waals surface area contributed by atoms with Gasteiger partial charge in [-0.15, -0.1) is 0 Å². The third-order valence-corrected chi connectivity index (χ3v) is 4.47. The van der Waals surface area contributed by atoms with Crippen molar-refractivity contribution >= 4 is 33.2 Å². The molecule has 0 amide bonds. The van der Waals surface area contributed by atoms with Crippen LogP contribution in [0.1, 0.15) is 25.0 Å². The topological polar surface area (TPSA) is 21.3 Å². The Hall–Kier alpha value is -1.19. The van der Waals surface area contributed by atoms with Gasteiger partial charge in [-0.3, -0.25) is 0 Å². The van der Waals surface area contributed by atoms with Crippen molar-refractivity contribution in [1.29, 1.82) is 0 Å². The number of anilines is 1. The number of nitrogens with one attached hydrogen (secondary N) is 1. The van der Waals surface area contributed by atoms with Crippen LogP contribution < -0.4 is 10.1 Å². The second-order valence-corrected chi connectivity index (χ2v) is 7.25. The number of hydrogen-bond acceptors (Lipinski definition) is 2. The van der Waals surface area contributed by atoms with Gasteiger partial charge in [-0.05, 0) is 65.2 Å². The van der Waals surface area contributed by atoms with Gasteiger partial charge in [0, 0.05) is 22.5 Å². The first-order valence-electron chi connectivity index (χ1n) is 6.93. The molecule has 21 heavy (non-hydrogen) atoms. The first kappa shape index (κ1) is 14.7. The van der Waals surface area contributed by atoms with Crippen molar-refractivity contribution in [2.45, 2.75) is 32.4 Å². The van der Waals surface area contributed by atoms with E-state index in [2.05, 4.69) is 53.3 Å². The molecule has 0 saturated heterocycles. The summed E-state index contributed by atoms with van der Waals surface area (Å²) in [5.41, 5.74) is 3.43. The SMILES string of the molecule is CC1(C)Cc2cc(CNc3cc(Cl)ccc3Br)ccc2O1. The zero-order valence-corrected chi connectivity index (χ0v) is 14.4. The van der Waals surface area contributed by atoms with Crippen LogP contribution >= 0.6 is 27.5 Å². The maximum absolute atomic E-state index is 6.03. The number of halogens is 2. The molecule has 1 N–H and O–H groups in total. The molecule has 1 aliphatic rings. The van der Waals surface area contributed by atoms with Crippen molar-refractivity contribution in [3.63, 3.8) is 0 Å². The molecule has 0 unspecified atom stereocenters. The van der Waals surface area contributed by atoms with E-state index in [1.54, 1.807) is 0 Å². The van der Waals surface area contributed by atoms with Crippen LogP contribution in [-0.4, -0.2) is 5.60 Å². The van der Waals surface area contributed by atoms with E-state index >= 15 is 0 Å². The summed E-state index contributed by atoms with van der Waals surface area (Å²) in [6.45, 7) is 4.99. The fourth-order valence-corrected chi connectivity index (χ4v) is 3.16. The van der Waals surface area contributed by atoms with Crippen LogP contribution in [0.25, 0.3) is 0 Å². The molecule has 0 spiro atoms. The summed E-state index contributed by atoms with van der Waals surface area (Å²) >= 11 is 9.56. The minimum absolute atomic E-state index is 0.0929. The fourth-order valence-electron chi connectivity index (χ4n) is 2.60. The second kappa shape index (κ2) is 5.54. The molecule has 0 aliphatic carbocycles. The molecular formula is C17H17BrClNO. The van der Waals surface area contributed by atoms with Gasteiger partial charge < -0.3 is 10.1 Å². The van der Waals surface area contributed by atoms with Crippen molar-refractivity contribution in [2.24, 2.45) is 0 Å². The van der Waals surface area contributed by atoms with Crippen LogP contribution in [-0.2, 0) is 13.0 Å². The van der Waals surface area contributed by atoms with E-state index in [4.69, 9.17) is 16.3 Å². The molecule has 2 aromatic rings. The van der Waals surface area contributed by atoms with Crippen molar-refractivity contribution in [1.82, 2.24) is 0 Å². The van der Waals surface area contributed by atoms with Gasteiger partial charge in [0.15, 0.2) is 0 Å². The van der Waals surface area contributed by atoms with Gasteiger partial charge in [-0.1, -0.05) is 23.7 Å². The summed E-state index contributed by atoms with van der Waals surface area (Å²) in [6, 6.07) is 12.1. The predicted octanol–water partition coefficient (Wildman–Crippen LogP) is 5.43. The largest absolute Gasteiger partial charge is 0.487 e. The summed E-state index contributed by atoms with van der Waals surface area (Å²) in [6.07, 6.45) is 0.955. The highest BCUT2D eigenvalue weighted by molar-refractivity contribution is 9.10. The molecule has 0 radical (unpaired) electrons. The summed E-state index contributed by atoms with van der Waals surface area (Å²) in [7, 11) is 0. The average molecular weight is 367 g/mol. The van der Waals surface area contributed by atoms with E-state index < -0.39 is 0 Å². The maximum atomic E-state index is 6.03. The molecule has 2 nitrogen and oxygen atoms in total. The zero-order valence-electron chi connectivity index (χ0n) is 12.0. The number of hydrogen-bond donors (Lipinski definition) is 1. The van der Waals surface area contributed by atoms with Crippen molar-refractivity contribution in [3.8, 4) is 5.75 Å². The van der Waals surface area contributed by atoms with Crippen LogP contribution in [0.3, 0.4) is 0 Å². The minimum Gasteiger partial charge on any atom is -0.487 e. The van der Waals surface area contributed by atoms with Gasteiger partial charge in [-0.2, -0.15) is 0 Å². The number of rotatable bonds is 3. The molecule has 0 bridgehead atoms. The summed E-state index contributed by atoms with van der Waals surface area (Å²) in [5.74, 6) is 1.01. The summed E-state index contributed by atoms with van der Waals surface area (Å²) in [5, 5.41) is 4.14. The lowest BCUT2D eigenvalue weighted by atomic mass is 10.0. The molecule has 0 saturated carbocycles. The van der Waals surface area contributed by atoms with Gasteiger partial charge in [0.25, 0.3) is 0 Å². The van der Waals surface area contributed by atoms with Crippen LogP contribution in [0.4, 0.5) is 5.69 Å². The van der Waals surface area contributed by atoms with E-state index in [9.17, 15) is 0 Å². The Balaban J connectivity index is 1.74. The zero-order chi connectivity index (χ0) is 15.0. The summed E-state index contributed by atoms with van der Waals surface area (Å²) < 4.78 is 6.91. The summed E-state index contributed by atoms with van der Waals surface area (Å²) in [4.78, 5) is 0. The van der Waals surface area contributed by atoms with E-state index in [1.807, 2.05) is 18.2 Å². The highest BCUT2D eigenvalue weighted by atomic mass is 79.9. The normalized spacial score (nSPS) is 15.4. The van der Waals surface area contributed by atoms with Crippen LogP contribution in [0.2, 0.25) is 5.02 Å². The van der Waals surface area contributed by atoms with Crippen LogP contribution in [0, 0.1) is 0 Å². The highest BCUT2D eigenvalue weighted by Gasteiger charge is 2.29. The lowest BCUT2D eigenvalue weighted by molar-refractivity contribution is 0.138. The molecule has 0 atom stereocenters. The Labute approximate surface area is 138 Å². The molecule has 1 aliphatic heterocycles. The number of fused-ring (bicyclic) bond motifs is 1. The first-order chi connectivity index (χ1) is 9.93. The van der Waals surface area contributed by atoms with Crippen LogP contribution in [0.15, 0.2) is 40.9 Å². The Bertz CT molecular complexity index is 684. The molecular weight excluding hydrogens is 350 g/mol. The molecule has 0 aromatic heterocycles. The van der Waals surface area contributed by atoms with Crippen molar-refractivity contribution in [3.05, 3.63) is 57.0 Å². The highest BCUT2D eigenvalue weighted by Crippen LogP contribution is 2.35. The molecule has 2 aromatic carbocycles. The average Bonchev–Trinajstić information content (AvgIpc) is 2.72. The molecule has 110 valence electrons. The van der Waals surface area contributed by atoms with Gasteiger partial charge in [-0.25, -0.2) is 0 Å². The van der Waals surface area contributed by atoms with E-state index in [0.717, 1.165) is 33.9 Å². The molecule has 1 heterocycles. The van der Waals surface area contributed by atoms with Gasteiger partial charge >= 0.3 is 0 Å². The third kappa shape index (κ3) is 3.35. The van der Waals surface area contributed by atoms with Gasteiger partial charge in [0.2, 0.25) is 0 Å². The Morgan fingerprint density at radius 2 is 2.05 bits per heavy atom. The van der Waals surface area contributed by atoms with Crippen LogP contribution in [0.5, 0.6) is 5.75 Å². The standard InChI is InChI=1S/C17H17BrClNO/c1-17(2)9-12-7-11(3-6-16(12)21-17)10-20-15-8-13(19)4-5-14(15)18/h3-8,20H,9-10H2,1-2H3. The first-order valence-corrected chi connectivity index (χ1v) is 8.10. The van der Waals surface area contributed by atoms with E-state index in [1.165, 1.54) is 11.1 Å². The molecule has 4 heteroatoms. The van der Waals surface area contributed by atoms with Crippen molar-refractivity contribution in [2.75, 3.05) is 5.32 Å². The quantitative estimate of drug-likeness (QED) is 0.782. The Morgan fingerprint density at radius 3 is 2.86 bits per heavy atom. The third-order valence-electron chi connectivity index (χ3n) is 3.54. The Kier molecular flexibility index (Phi) is 3.89. The lowest BCUT2D eigenvalue weighted by Crippen LogP contribution is -2.24. The van der Waals surface area contributed by atoms with Gasteiger partial charge in [0.1, 0.15) is 11.4 Å². The minimum atomic E-state index is -0.0929. The molecule has 0 fully saturated rings. The second-order valence-electron chi connectivity index (χ2n) is 5.96. The fraction of sp³-hybridized carbons (Fsp3) is 0.294. The number of ether oxygens (including phenoxy) is 1. The smallest absolute Gasteiger partial charge is 0.123 e. The predicted molar refractivity (Wildman–Crippen MR) is 91.3 cm³/mol. The Morgan fingerprint density at radius 1 is 1.24 bits per heavy atom. The van der Waals surface area contributed by atoms with Gasteiger partial charge in [0.05, 0.1) is 5.69 Å². The monoisotopic (exact) mass is 365 g/mol. The molecule has 3 rings (SSSR count). The van der Waals surface area contributed by atoms with E-state index in [-0.39, 0.29) is 5.60 Å².